The third kappa shape index (κ3) is 5.09. The van der Waals surface area contributed by atoms with Gasteiger partial charge in [-0.1, -0.05) is 37.3 Å². The number of nitrogens with zero attached hydrogens (tertiary/aromatic N) is 1. The van der Waals surface area contributed by atoms with E-state index in [1.54, 1.807) is 0 Å². The summed E-state index contributed by atoms with van der Waals surface area (Å²) in [6.45, 7) is 7.11. The minimum Gasteiger partial charge on any atom is -0.372 e. The first-order chi connectivity index (χ1) is 12.6. The van der Waals surface area contributed by atoms with Crippen LogP contribution in [0, 0.1) is 5.92 Å². The molecule has 0 aliphatic carbocycles. The van der Waals surface area contributed by atoms with Crippen molar-refractivity contribution >= 4 is 17.3 Å². The van der Waals surface area contributed by atoms with Gasteiger partial charge in [-0.2, -0.15) is 0 Å². The van der Waals surface area contributed by atoms with Crippen molar-refractivity contribution in [2.45, 2.75) is 32.7 Å². The van der Waals surface area contributed by atoms with E-state index in [2.05, 4.69) is 53.6 Å². The Morgan fingerprint density at radius 3 is 2.42 bits per heavy atom. The minimum absolute atomic E-state index is 0.0346. The van der Waals surface area contributed by atoms with Gasteiger partial charge in [-0.3, -0.25) is 4.79 Å². The SMILES string of the molecule is CC1CCN(c2ccc(NC(=O)C[NH2+][C@@H](C)c3ccccc3)cc2)CC1. The zero-order valence-electron chi connectivity index (χ0n) is 15.8. The molecule has 1 heterocycles. The summed E-state index contributed by atoms with van der Waals surface area (Å²) in [5, 5.41) is 5.06. The summed E-state index contributed by atoms with van der Waals surface area (Å²) in [6.07, 6.45) is 2.52. The maximum absolute atomic E-state index is 12.2. The van der Waals surface area contributed by atoms with Gasteiger partial charge in [0, 0.05) is 30.0 Å². The van der Waals surface area contributed by atoms with Crippen molar-refractivity contribution in [2.24, 2.45) is 5.92 Å². The Bertz CT molecular complexity index is 691. The van der Waals surface area contributed by atoms with E-state index in [-0.39, 0.29) is 11.9 Å². The van der Waals surface area contributed by atoms with Gasteiger partial charge in [0.15, 0.2) is 6.54 Å². The largest absolute Gasteiger partial charge is 0.372 e. The van der Waals surface area contributed by atoms with Crippen LogP contribution in [0.2, 0.25) is 0 Å². The second-order valence-electron chi connectivity index (χ2n) is 7.40. The molecule has 1 aliphatic rings. The topological polar surface area (TPSA) is 49.0 Å². The molecule has 0 bridgehead atoms. The minimum atomic E-state index is 0.0346. The third-order valence-electron chi connectivity index (χ3n) is 5.28. The van der Waals surface area contributed by atoms with Crippen LogP contribution in [0.25, 0.3) is 0 Å². The highest BCUT2D eigenvalue weighted by Gasteiger charge is 2.16. The van der Waals surface area contributed by atoms with Crippen molar-refractivity contribution < 1.29 is 10.1 Å². The van der Waals surface area contributed by atoms with Crippen molar-refractivity contribution in [3.8, 4) is 0 Å². The normalized spacial score (nSPS) is 16.3. The number of benzene rings is 2. The molecule has 1 atom stereocenters. The Kier molecular flexibility index (Phi) is 6.29. The van der Waals surface area contributed by atoms with E-state index in [0.29, 0.717) is 6.54 Å². The first-order valence-corrected chi connectivity index (χ1v) is 9.65. The number of rotatable bonds is 6. The quantitative estimate of drug-likeness (QED) is 0.839. The van der Waals surface area contributed by atoms with Crippen molar-refractivity contribution in [3.05, 3.63) is 60.2 Å². The van der Waals surface area contributed by atoms with Crippen molar-refractivity contribution in [1.29, 1.82) is 0 Å². The molecule has 4 heteroatoms. The lowest BCUT2D eigenvalue weighted by molar-refractivity contribution is -0.682. The van der Waals surface area contributed by atoms with E-state index in [1.807, 2.05) is 30.3 Å². The van der Waals surface area contributed by atoms with Gasteiger partial charge >= 0.3 is 0 Å². The zero-order chi connectivity index (χ0) is 18.4. The van der Waals surface area contributed by atoms with Crippen molar-refractivity contribution in [1.82, 2.24) is 0 Å². The standard InChI is InChI=1S/C22H29N3O/c1-17-12-14-25(15-13-17)21-10-8-20(9-11-21)24-22(26)16-23-18(2)19-6-4-3-5-7-19/h3-11,17-18,23H,12-16H2,1-2H3,(H,24,26)/p+1/t18-/m0/s1. The van der Waals surface area contributed by atoms with Gasteiger partial charge < -0.3 is 15.5 Å². The fourth-order valence-corrected chi connectivity index (χ4v) is 3.41. The molecule has 0 aromatic heterocycles. The maximum Gasteiger partial charge on any atom is 0.279 e. The average Bonchev–Trinajstić information content (AvgIpc) is 2.68. The molecule has 0 radical (unpaired) electrons. The number of nitrogens with two attached hydrogens (primary N) is 1. The molecule has 1 saturated heterocycles. The van der Waals surface area contributed by atoms with Crippen LogP contribution in [0.4, 0.5) is 11.4 Å². The first kappa shape index (κ1) is 18.5. The van der Waals surface area contributed by atoms with Gasteiger partial charge in [-0.05, 0) is 49.9 Å². The van der Waals surface area contributed by atoms with E-state index in [0.717, 1.165) is 24.7 Å². The van der Waals surface area contributed by atoms with E-state index in [9.17, 15) is 4.79 Å². The highest BCUT2D eigenvalue weighted by atomic mass is 16.1. The fourth-order valence-electron chi connectivity index (χ4n) is 3.41. The van der Waals surface area contributed by atoms with Crippen LogP contribution >= 0.6 is 0 Å². The van der Waals surface area contributed by atoms with Crippen LogP contribution in [0.15, 0.2) is 54.6 Å². The molecule has 0 saturated carbocycles. The Labute approximate surface area is 156 Å². The summed E-state index contributed by atoms with van der Waals surface area (Å²) in [5.74, 6) is 0.867. The van der Waals surface area contributed by atoms with E-state index < -0.39 is 0 Å². The van der Waals surface area contributed by atoms with E-state index in [1.165, 1.54) is 24.1 Å². The molecular weight excluding hydrogens is 322 g/mol. The lowest BCUT2D eigenvalue weighted by Crippen LogP contribution is -2.86. The highest BCUT2D eigenvalue weighted by Crippen LogP contribution is 2.24. The second-order valence-corrected chi connectivity index (χ2v) is 7.40. The number of piperidine rings is 1. The number of anilines is 2. The molecule has 0 unspecified atom stereocenters. The zero-order valence-corrected chi connectivity index (χ0v) is 15.8. The molecule has 4 nitrogen and oxygen atoms in total. The summed E-state index contributed by atoms with van der Waals surface area (Å²) >= 11 is 0. The number of amides is 1. The molecule has 3 N–H and O–H groups in total. The van der Waals surface area contributed by atoms with Gasteiger partial charge in [0.1, 0.15) is 6.04 Å². The Morgan fingerprint density at radius 2 is 1.77 bits per heavy atom. The lowest BCUT2D eigenvalue weighted by atomic mass is 9.99. The van der Waals surface area contributed by atoms with Crippen LogP contribution in [-0.2, 0) is 4.79 Å². The van der Waals surface area contributed by atoms with Gasteiger partial charge in [0.05, 0.1) is 0 Å². The predicted octanol–water partition coefficient (Wildman–Crippen LogP) is 3.19. The van der Waals surface area contributed by atoms with Gasteiger partial charge in [-0.15, -0.1) is 0 Å². The molecule has 26 heavy (non-hydrogen) atoms. The third-order valence-corrected chi connectivity index (χ3v) is 5.28. The molecule has 1 amide bonds. The van der Waals surface area contributed by atoms with Crippen LogP contribution < -0.4 is 15.5 Å². The number of quaternary nitrogens is 1. The number of carbonyl (C=O) groups excluding carboxylic acids is 1. The molecule has 1 fully saturated rings. The number of hydrogen-bond donors (Lipinski definition) is 2. The lowest BCUT2D eigenvalue weighted by Gasteiger charge is -2.32. The molecule has 2 aromatic rings. The molecule has 1 aliphatic heterocycles. The molecule has 138 valence electrons. The average molecular weight is 353 g/mol. The van der Waals surface area contributed by atoms with Crippen LogP contribution in [0.5, 0.6) is 0 Å². The summed E-state index contributed by atoms with van der Waals surface area (Å²) in [7, 11) is 0. The Hall–Kier alpha value is -2.33. The molecule has 3 rings (SSSR count). The Balaban J connectivity index is 1.47. The molecule has 0 spiro atoms. The second kappa shape index (κ2) is 8.86. The van der Waals surface area contributed by atoms with Crippen LogP contribution in [0.1, 0.15) is 38.3 Å². The first-order valence-electron chi connectivity index (χ1n) is 9.65. The van der Waals surface area contributed by atoms with Crippen molar-refractivity contribution in [3.63, 3.8) is 0 Å². The molecule has 2 aromatic carbocycles. The number of carbonyl (C=O) groups is 1. The van der Waals surface area contributed by atoms with E-state index >= 15 is 0 Å². The fraction of sp³-hybridized carbons (Fsp3) is 0.409. The smallest absolute Gasteiger partial charge is 0.279 e. The predicted molar refractivity (Wildman–Crippen MR) is 107 cm³/mol. The summed E-state index contributed by atoms with van der Waals surface area (Å²) in [5.41, 5.74) is 3.35. The highest BCUT2D eigenvalue weighted by molar-refractivity contribution is 5.91. The van der Waals surface area contributed by atoms with Crippen molar-refractivity contribution in [2.75, 3.05) is 29.9 Å². The van der Waals surface area contributed by atoms with Crippen LogP contribution in [-0.4, -0.2) is 25.5 Å². The van der Waals surface area contributed by atoms with Crippen LogP contribution in [0.3, 0.4) is 0 Å². The number of hydrogen-bond acceptors (Lipinski definition) is 2. The monoisotopic (exact) mass is 352 g/mol. The summed E-state index contributed by atoms with van der Waals surface area (Å²) < 4.78 is 0. The summed E-state index contributed by atoms with van der Waals surface area (Å²) in [4.78, 5) is 14.6. The maximum atomic E-state index is 12.2. The van der Waals surface area contributed by atoms with Gasteiger partial charge in [0.2, 0.25) is 0 Å². The van der Waals surface area contributed by atoms with Gasteiger partial charge in [0.25, 0.3) is 5.91 Å². The van der Waals surface area contributed by atoms with Gasteiger partial charge in [-0.25, -0.2) is 0 Å². The molecular formula is C22H30N3O+. The van der Waals surface area contributed by atoms with E-state index in [4.69, 9.17) is 0 Å². The Morgan fingerprint density at radius 1 is 1.12 bits per heavy atom. The summed E-state index contributed by atoms with van der Waals surface area (Å²) in [6, 6.07) is 18.8. The number of nitrogens with one attached hydrogen (secondary N) is 1.